The number of hydrogen-bond donors (Lipinski definition) is 4. The number of allylic oxidation sites excluding steroid dienone is 3. The molecule has 0 aliphatic heterocycles. The minimum atomic E-state index is -4.68. The van der Waals surface area contributed by atoms with Gasteiger partial charge in [-0.25, -0.2) is 4.98 Å². The van der Waals surface area contributed by atoms with Crippen LogP contribution in [-0.2, 0) is 6.18 Å². The van der Waals surface area contributed by atoms with Gasteiger partial charge in [0.2, 0.25) is 0 Å². The van der Waals surface area contributed by atoms with Gasteiger partial charge in [0.25, 0.3) is 5.91 Å². The van der Waals surface area contributed by atoms with Gasteiger partial charge in [-0.15, -0.1) is 16.9 Å². The number of carbonyl (C=O) groups excluding carboxylic acids is 1. The number of pyridine rings is 1. The van der Waals surface area contributed by atoms with Crippen molar-refractivity contribution in [2.75, 3.05) is 12.3 Å². The van der Waals surface area contributed by atoms with Crippen LogP contribution in [0.4, 0.5) is 13.2 Å². The predicted octanol–water partition coefficient (Wildman–Crippen LogP) is 3.24. The van der Waals surface area contributed by atoms with E-state index in [0.717, 1.165) is 29.4 Å². The van der Waals surface area contributed by atoms with Crippen molar-refractivity contribution in [3.05, 3.63) is 64.8 Å². The molecule has 10 heteroatoms. The van der Waals surface area contributed by atoms with Gasteiger partial charge in [0.1, 0.15) is 11.4 Å². The summed E-state index contributed by atoms with van der Waals surface area (Å²) in [6, 6.07) is 3.02. The molecule has 2 rings (SSSR count). The third kappa shape index (κ3) is 6.03. The molecule has 0 fully saturated rings. The van der Waals surface area contributed by atoms with Crippen molar-refractivity contribution in [2.45, 2.75) is 25.6 Å². The fourth-order valence-corrected chi connectivity index (χ4v) is 2.79. The zero-order chi connectivity index (χ0) is 22.5. The molecule has 0 aromatic carbocycles. The lowest BCUT2D eigenvalue weighted by Crippen LogP contribution is -2.35. The zero-order valence-electron chi connectivity index (χ0n) is 16.3. The molecule has 0 radical (unpaired) electrons. The number of halogens is 3. The normalized spacial score (nSPS) is 16.0. The number of amides is 1. The average molecular weight is 438 g/mol. The van der Waals surface area contributed by atoms with E-state index in [4.69, 9.17) is 11.1 Å². The first kappa shape index (κ1) is 23.3. The highest BCUT2D eigenvalue weighted by Gasteiger charge is 2.33. The van der Waals surface area contributed by atoms with Crippen molar-refractivity contribution < 1.29 is 23.1 Å². The summed E-state index contributed by atoms with van der Waals surface area (Å²) in [6.45, 7) is 3.49. The number of aliphatic hydroxyl groups is 1. The molecule has 1 aliphatic carbocycles. The van der Waals surface area contributed by atoms with Crippen LogP contribution < -0.4 is 10.6 Å². The molecule has 1 aromatic heterocycles. The average Bonchev–Trinajstić information content (AvgIpc) is 2.65. The lowest BCUT2D eigenvalue weighted by molar-refractivity contribution is -0.141. The van der Waals surface area contributed by atoms with Crippen LogP contribution in [-0.4, -0.2) is 39.6 Å². The molecule has 1 heterocycles. The van der Waals surface area contributed by atoms with Crippen molar-refractivity contribution in [1.29, 1.82) is 5.41 Å². The predicted molar refractivity (Wildman–Crippen MR) is 110 cm³/mol. The Morgan fingerprint density at radius 2 is 2.03 bits per heavy atom. The van der Waals surface area contributed by atoms with Crippen LogP contribution in [0, 0.1) is 11.1 Å². The lowest BCUT2D eigenvalue weighted by Gasteiger charge is -2.28. The van der Waals surface area contributed by atoms with Gasteiger partial charge in [-0.3, -0.25) is 4.79 Å². The molecule has 6 nitrogen and oxygen atoms in total. The van der Waals surface area contributed by atoms with Gasteiger partial charge < -0.3 is 21.1 Å². The van der Waals surface area contributed by atoms with Crippen molar-refractivity contribution >= 4 is 22.8 Å². The summed E-state index contributed by atoms with van der Waals surface area (Å²) >= 11 is 1.15. The van der Waals surface area contributed by atoms with Crippen LogP contribution in [0.2, 0.25) is 0 Å². The molecule has 1 aromatic rings. The number of aromatic nitrogens is 1. The highest BCUT2D eigenvalue weighted by atomic mass is 32.1. The first-order valence-electron chi connectivity index (χ1n) is 8.80. The van der Waals surface area contributed by atoms with Crippen molar-refractivity contribution in [3.63, 3.8) is 0 Å². The van der Waals surface area contributed by atoms with Crippen molar-refractivity contribution in [1.82, 2.24) is 15.6 Å². The smallest absolute Gasteiger partial charge is 0.389 e. The van der Waals surface area contributed by atoms with E-state index in [1.165, 1.54) is 26.0 Å². The van der Waals surface area contributed by atoms with Gasteiger partial charge in [-0.1, -0.05) is 6.07 Å². The fraction of sp³-hybridized carbons (Fsp3) is 0.300. The Bertz CT molecular complexity index is 983. The van der Waals surface area contributed by atoms with Crippen LogP contribution in [0.25, 0.3) is 0 Å². The molecule has 0 saturated heterocycles. The van der Waals surface area contributed by atoms with E-state index in [2.05, 4.69) is 15.6 Å². The van der Waals surface area contributed by atoms with Gasteiger partial charge in [0.15, 0.2) is 0 Å². The number of nitrogens with zero attached hydrogens (tertiary/aromatic N) is 1. The maximum absolute atomic E-state index is 12.9. The molecule has 0 spiro atoms. The van der Waals surface area contributed by atoms with Crippen LogP contribution in [0.3, 0.4) is 0 Å². The maximum atomic E-state index is 12.9. The number of carbonyl (C=O) groups is 1. The van der Waals surface area contributed by atoms with E-state index >= 15 is 0 Å². The molecular formula is C20H21F3N4O2S. The largest absolute Gasteiger partial charge is 0.433 e. The molecule has 0 unspecified atom stereocenters. The third-order valence-electron chi connectivity index (χ3n) is 3.99. The minimum absolute atomic E-state index is 0.0928. The number of rotatable bonds is 6. The van der Waals surface area contributed by atoms with Crippen LogP contribution >= 0.6 is 11.2 Å². The topological polar surface area (TPSA) is 98.1 Å². The van der Waals surface area contributed by atoms with Gasteiger partial charge >= 0.3 is 6.18 Å². The van der Waals surface area contributed by atoms with Gasteiger partial charge in [0, 0.05) is 35.3 Å². The van der Waals surface area contributed by atoms with Crippen LogP contribution in [0.5, 0.6) is 0 Å². The van der Waals surface area contributed by atoms with Crippen LogP contribution in [0.1, 0.15) is 30.0 Å². The minimum Gasteiger partial charge on any atom is -0.389 e. The molecule has 1 aliphatic rings. The fourth-order valence-electron chi connectivity index (χ4n) is 2.55. The highest BCUT2D eigenvalue weighted by molar-refractivity contribution is 7.88. The second-order valence-electron chi connectivity index (χ2n) is 6.87. The summed E-state index contributed by atoms with van der Waals surface area (Å²) in [5.74, 6) is -0.237. The van der Waals surface area contributed by atoms with Crippen LogP contribution in [0.15, 0.2) is 53.4 Å². The summed E-state index contributed by atoms with van der Waals surface area (Å²) in [5, 5.41) is 24.1. The number of alkyl halides is 3. The SMILES string of the molecule is C#SCCN/C=C1/C=C(NC(=O)c2cccc(C(F)(F)F)n2)C(C(C)(C)O)=CC1=N. The summed E-state index contributed by atoms with van der Waals surface area (Å²) in [5.41, 5.74) is 3.23. The quantitative estimate of drug-likeness (QED) is 0.513. The Labute approximate surface area is 175 Å². The Kier molecular flexibility index (Phi) is 7.20. The van der Waals surface area contributed by atoms with E-state index in [1.807, 2.05) is 0 Å². The Morgan fingerprint density at radius 1 is 1.33 bits per heavy atom. The summed E-state index contributed by atoms with van der Waals surface area (Å²) in [4.78, 5) is 15.9. The Balaban J connectivity index is 2.35. The molecular weight excluding hydrogens is 417 g/mol. The zero-order valence-corrected chi connectivity index (χ0v) is 17.1. The van der Waals surface area contributed by atoms with Crippen molar-refractivity contribution in [3.8, 4) is 5.69 Å². The molecule has 0 saturated carbocycles. The van der Waals surface area contributed by atoms with E-state index in [-0.39, 0.29) is 17.0 Å². The first-order chi connectivity index (χ1) is 13.9. The molecule has 0 atom stereocenters. The van der Waals surface area contributed by atoms with Gasteiger partial charge in [-0.05, 0) is 38.1 Å². The molecule has 1 amide bonds. The second kappa shape index (κ2) is 9.25. The first-order valence-corrected chi connectivity index (χ1v) is 9.84. The monoisotopic (exact) mass is 438 g/mol. The third-order valence-corrected chi connectivity index (χ3v) is 4.43. The lowest BCUT2D eigenvalue weighted by atomic mass is 9.87. The summed E-state index contributed by atoms with van der Waals surface area (Å²) in [6.07, 6.45) is -0.272. The van der Waals surface area contributed by atoms with E-state index < -0.39 is 29.1 Å². The molecule has 4 N–H and O–H groups in total. The number of nitrogens with one attached hydrogen (secondary N) is 3. The van der Waals surface area contributed by atoms with E-state index in [1.54, 1.807) is 6.20 Å². The summed E-state index contributed by atoms with van der Waals surface area (Å²) in [7, 11) is 0. The van der Waals surface area contributed by atoms with Gasteiger partial charge in [0.05, 0.1) is 11.3 Å². The highest BCUT2D eigenvalue weighted by Crippen LogP contribution is 2.29. The molecule has 30 heavy (non-hydrogen) atoms. The van der Waals surface area contributed by atoms with E-state index in [0.29, 0.717) is 17.9 Å². The number of hydrogen-bond acceptors (Lipinski definition) is 5. The second-order valence-corrected chi connectivity index (χ2v) is 7.61. The Morgan fingerprint density at radius 3 is 2.63 bits per heavy atom. The summed E-state index contributed by atoms with van der Waals surface area (Å²) < 4.78 is 38.6. The standard InChI is InChI=1S/C20H21F3N4O2S/c1-19(2,29)13-10-14(24)12(11-25-7-8-30-3)9-16(13)27-18(28)15-5-4-6-17(26-15)20(21,22)23/h3-6,9-11,24-25,29H,7-8H2,1-2H3,(H,27,28)/b12-11-,24-14?. The molecule has 0 bridgehead atoms. The molecule has 160 valence electrons. The van der Waals surface area contributed by atoms with E-state index in [9.17, 15) is 23.1 Å². The maximum Gasteiger partial charge on any atom is 0.433 e. The Hall–Kier alpha value is -2.94. The van der Waals surface area contributed by atoms with Gasteiger partial charge in [-0.2, -0.15) is 13.2 Å². The van der Waals surface area contributed by atoms with Crippen molar-refractivity contribution in [2.24, 2.45) is 0 Å².